The predicted molar refractivity (Wildman–Crippen MR) is 93.5 cm³/mol. The molecule has 0 spiro atoms. The highest BCUT2D eigenvalue weighted by atomic mass is 35.5. The van der Waals surface area contributed by atoms with Gasteiger partial charge in [-0.1, -0.05) is 23.2 Å². The zero-order chi connectivity index (χ0) is 16.8. The van der Waals surface area contributed by atoms with Crippen LogP contribution < -0.4 is 5.32 Å². The molecule has 1 amide bonds. The van der Waals surface area contributed by atoms with Crippen LogP contribution >= 0.6 is 35.0 Å². The number of anilines is 1. The van der Waals surface area contributed by atoms with Gasteiger partial charge in [0, 0.05) is 34.2 Å². The quantitative estimate of drug-likeness (QED) is 0.440. The van der Waals surface area contributed by atoms with Crippen LogP contribution in [-0.2, 0) is 4.79 Å². The van der Waals surface area contributed by atoms with Crippen LogP contribution in [0.1, 0.15) is 6.42 Å². The van der Waals surface area contributed by atoms with E-state index in [0.717, 1.165) is 4.90 Å². The summed E-state index contributed by atoms with van der Waals surface area (Å²) in [5.74, 6) is 0.314. The maximum atomic E-state index is 11.9. The molecule has 23 heavy (non-hydrogen) atoms. The number of hydrogen-bond donors (Lipinski definition) is 1. The third kappa shape index (κ3) is 5.42. The average Bonchev–Trinajstić information content (AvgIpc) is 2.51. The molecule has 0 aliphatic rings. The highest BCUT2D eigenvalue weighted by Crippen LogP contribution is 2.27. The first-order valence-corrected chi connectivity index (χ1v) is 8.32. The molecule has 0 aliphatic heterocycles. The lowest BCUT2D eigenvalue weighted by Crippen LogP contribution is -2.12. The van der Waals surface area contributed by atoms with E-state index in [1.807, 2.05) is 12.1 Å². The molecule has 0 saturated heterocycles. The number of amides is 1. The maximum absolute atomic E-state index is 11.9. The SMILES string of the molecule is O=C(CCSc1ccc(Cl)cc1)Nc1cc([N+](=O)[O-])ccc1Cl. The van der Waals surface area contributed by atoms with Crippen molar-refractivity contribution in [3.05, 3.63) is 62.6 Å². The zero-order valence-electron chi connectivity index (χ0n) is 11.8. The molecule has 2 aromatic carbocycles. The second kappa shape index (κ2) is 8.19. The van der Waals surface area contributed by atoms with Crippen LogP contribution in [0, 0.1) is 10.1 Å². The van der Waals surface area contributed by atoms with E-state index in [2.05, 4.69) is 5.32 Å². The van der Waals surface area contributed by atoms with Crippen molar-refractivity contribution in [2.45, 2.75) is 11.3 Å². The Balaban J connectivity index is 1.88. The van der Waals surface area contributed by atoms with Crippen molar-refractivity contribution in [2.75, 3.05) is 11.1 Å². The van der Waals surface area contributed by atoms with Crippen molar-refractivity contribution in [1.29, 1.82) is 0 Å². The Hall–Kier alpha value is -1.76. The van der Waals surface area contributed by atoms with Crippen LogP contribution in [0.15, 0.2) is 47.4 Å². The number of nitrogens with zero attached hydrogens (tertiary/aromatic N) is 1. The van der Waals surface area contributed by atoms with Crippen LogP contribution in [0.2, 0.25) is 10.0 Å². The van der Waals surface area contributed by atoms with Crippen LogP contribution in [0.3, 0.4) is 0 Å². The molecule has 0 aliphatic carbocycles. The topological polar surface area (TPSA) is 72.2 Å². The van der Waals surface area contributed by atoms with Crippen LogP contribution in [0.5, 0.6) is 0 Å². The van der Waals surface area contributed by atoms with E-state index in [4.69, 9.17) is 23.2 Å². The van der Waals surface area contributed by atoms with Crippen LogP contribution in [-0.4, -0.2) is 16.6 Å². The molecule has 0 bridgehead atoms. The van der Waals surface area contributed by atoms with Crippen LogP contribution in [0.25, 0.3) is 0 Å². The molecule has 0 saturated carbocycles. The molecule has 5 nitrogen and oxygen atoms in total. The summed E-state index contributed by atoms with van der Waals surface area (Å²) in [6.45, 7) is 0. The Morgan fingerprint density at radius 3 is 2.52 bits per heavy atom. The zero-order valence-corrected chi connectivity index (χ0v) is 14.1. The minimum Gasteiger partial charge on any atom is -0.325 e. The highest BCUT2D eigenvalue weighted by Gasteiger charge is 2.12. The molecule has 0 aromatic heterocycles. The number of rotatable bonds is 6. The standard InChI is InChI=1S/C15H12Cl2N2O3S/c16-10-1-4-12(5-2-10)23-8-7-15(20)18-14-9-11(19(21)22)3-6-13(14)17/h1-6,9H,7-8H2,(H,18,20). The van der Waals surface area contributed by atoms with Crippen molar-refractivity contribution in [3.63, 3.8) is 0 Å². The van der Waals surface area contributed by atoms with E-state index in [1.165, 1.54) is 30.0 Å². The van der Waals surface area contributed by atoms with Gasteiger partial charge in [-0.15, -0.1) is 11.8 Å². The number of hydrogen-bond acceptors (Lipinski definition) is 4. The monoisotopic (exact) mass is 370 g/mol. The van der Waals surface area contributed by atoms with E-state index in [9.17, 15) is 14.9 Å². The van der Waals surface area contributed by atoms with Gasteiger partial charge in [0.2, 0.25) is 5.91 Å². The first-order valence-electron chi connectivity index (χ1n) is 6.58. The van der Waals surface area contributed by atoms with Gasteiger partial charge in [-0.05, 0) is 30.3 Å². The molecular formula is C15H12Cl2N2O3S. The van der Waals surface area contributed by atoms with E-state index < -0.39 is 4.92 Å². The second-order valence-electron chi connectivity index (χ2n) is 4.52. The summed E-state index contributed by atoms with van der Waals surface area (Å²) in [6, 6.07) is 11.2. The average molecular weight is 371 g/mol. The van der Waals surface area contributed by atoms with E-state index in [-0.39, 0.29) is 28.7 Å². The van der Waals surface area contributed by atoms with Gasteiger partial charge in [0.1, 0.15) is 0 Å². The summed E-state index contributed by atoms with van der Waals surface area (Å²) < 4.78 is 0. The van der Waals surface area contributed by atoms with Gasteiger partial charge in [-0.2, -0.15) is 0 Å². The van der Waals surface area contributed by atoms with Gasteiger partial charge in [0.25, 0.3) is 5.69 Å². The number of halogens is 2. The number of thioether (sulfide) groups is 1. The number of nitro groups is 1. The lowest BCUT2D eigenvalue weighted by Gasteiger charge is -2.07. The predicted octanol–water partition coefficient (Wildman–Crippen LogP) is 5.02. The minimum absolute atomic E-state index is 0.125. The second-order valence-corrected chi connectivity index (χ2v) is 6.53. The van der Waals surface area contributed by atoms with Crippen molar-refractivity contribution >= 4 is 52.2 Å². The van der Waals surface area contributed by atoms with Crippen molar-refractivity contribution in [2.24, 2.45) is 0 Å². The largest absolute Gasteiger partial charge is 0.325 e. The summed E-state index contributed by atoms with van der Waals surface area (Å²) >= 11 is 13.3. The Labute approximate surface area is 147 Å². The van der Waals surface area contributed by atoms with E-state index in [1.54, 1.807) is 12.1 Å². The van der Waals surface area contributed by atoms with E-state index >= 15 is 0 Å². The number of carbonyl (C=O) groups excluding carboxylic acids is 1. The third-order valence-electron chi connectivity index (χ3n) is 2.85. The Kier molecular flexibility index (Phi) is 6.27. The first kappa shape index (κ1) is 17.6. The van der Waals surface area contributed by atoms with Crippen molar-refractivity contribution in [1.82, 2.24) is 0 Å². The van der Waals surface area contributed by atoms with Crippen LogP contribution in [0.4, 0.5) is 11.4 Å². The summed E-state index contributed by atoms with van der Waals surface area (Å²) in [6.07, 6.45) is 0.256. The molecule has 8 heteroatoms. The minimum atomic E-state index is -0.539. The molecule has 1 N–H and O–H groups in total. The van der Waals surface area contributed by atoms with Crippen molar-refractivity contribution < 1.29 is 9.72 Å². The van der Waals surface area contributed by atoms with E-state index in [0.29, 0.717) is 10.8 Å². The summed E-state index contributed by atoms with van der Waals surface area (Å²) in [7, 11) is 0. The van der Waals surface area contributed by atoms with Crippen molar-refractivity contribution in [3.8, 4) is 0 Å². The fourth-order valence-corrected chi connectivity index (χ4v) is 2.87. The number of non-ortho nitro benzene ring substituents is 1. The number of carbonyl (C=O) groups is 1. The Bertz CT molecular complexity index is 723. The molecule has 0 atom stereocenters. The van der Waals surface area contributed by atoms with Gasteiger partial charge >= 0.3 is 0 Å². The highest BCUT2D eigenvalue weighted by molar-refractivity contribution is 7.99. The molecule has 2 aromatic rings. The van der Waals surface area contributed by atoms with Gasteiger partial charge < -0.3 is 5.32 Å². The molecule has 0 fully saturated rings. The lowest BCUT2D eigenvalue weighted by atomic mass is 10.2. The van der Waals surface area contributed by atoms with Gasteiger partial charge in [-0.25, -0.2) is 0 Å². The number of nitro benzene ring substituents is 1. The normalized spacial score (nSPS) is 10.3. The Morgan fingerprint density at radius 2 is 1.87 bits per heavy atom. The van der Waals surface area contributed by atoms with Gasteiger partial charge in [0.15, 0.2) is 0 Å². The number of benzene rings is 2. The smallest absolute Gasteiger partial charge is 0.271 e. The van der Waals surface area contributed by atoms with Gasteiger partial charge in [-0.3, -0.25) is 14.9 Å². The molecule has 0 radical (unpaired) electrons. The summed E-state index contributed by atoms with van der Waals surface area (Å²) in [5.41, 5.74) is 0.114. The molecule has 120 valence electrons. The van der Waals surface area contributed by atoms with Gasteiger partial charge in [0.05, 0.1) is 15.6 Å². The number of nitrogens with one attached hydrogen (secondary N) is 1. The molecule has 0 heterocycles. The summed E-state index contributed by atoms with van der Waals surface area (Å²) in [4.78, 5) is 23.1. The lowest BCUT2D eigenvalue weighted by molar-refractivity contribution is -0.384. The Morgan fingerprint density at radius 1 is 1.17 bits per heavy atom. The molecule has 0 unspecified atom stereocenters. The fraction of sp³-hybridized carbons (Fsp3) is 0.133. The first-order chi connectivity index (χ1) is 11.0. The third-order valence-corrected chi connectivity index (χ3v) is 4.44. The fourth-order valence-electron chi connectivity index (χ4n) is 1.73. The summed E-state index contributed by atoms with van der Waals surface area (Å²) in [5, 5.41) is 14.2. The molecular weight excluding hydrogens is 359 g/mol. The maximum Gasteiger partial charge on any atom is 0.271 e. The molecule has 2 rings (SSSR count).